The van der Waals surface area contributed by atoms with Crippen molar-refractivity contribution in [2.24, 2.45) is 0 Å². The van der Waals surface area contributed by atoms with E-state index in [1.165, 1.54) is 6.42 Å². The van der Waals surface area contributed by atoms with Gasteiger partial charge in [-0.15, -0.1) is 11.6 Å². The second-order valence-electron chi connectivity index (χ2n) is 5.24. The SMILES string of the molecule is COC1(Cn2c(CCl)nc3cc(I)c(F)cc32)CCC1. The molecule has 20 heavy (non-hydrogen) atoms. The maximum atomic E-state index is 13.8. The lowest BCUT2D eigenvalue weighted by Gasteiger charge is -2.41. The Kier molecular flexibility index (Phi) is 3.94. The molecule has 1 aromatic carbocycles. The van der Waals surface area contributed by atoms with E-state index in [0.29, 0.717) is 16.0 Å². The highest BCUT2D eigenvalue weighted by Gasteiger charge is 2.38. The lowest BCUT2D eigenvalue weighted by molar-refractivity contribution is -0.0831. The van der Waals surface area contributed by atoms with Gasteiger partial charge in [-0.1, -0.05) is 0 Å². The number of fused-ring (bicyclic) bond motifs is 1. The van der Waals surface area contributed by atoms with Gasteiger partial charge in [-0.05, 0) is 47.9 Å². The van der Waals surface area contributed by atoms with Crippen LogP contribution in [0.15, 0.2) is 12.1 Å². The molecule has 0 radical (unpaired) electrons. The molecule has 1 saturated carbocycles. The molecule has 1 fully saturated rings. The summed E-state index contributed by atoms with van der Waals surface area (Å²) in [7, 11) is 1.74. The third kappa shape index (κ3) is 2.33. The Labute approximate surface area is 135 Å². The first-order valence-electron chi connectivity index (χ1n) is 6.54. The quantitative estimate of drug-likeness (QED) is 0.563. The van der Waals surface area contributed by atoms with Crippen molar-refractivity contribution in [2.45, 2.75) is 37.3 Å². The molecule has 1 aliphatic carbocycles. The Bertz CT molecular complexity index is 649. The van der Waals surface area contributed by atoms with E-state index in [1.807, 2.05) is 27.2 Å². The molecular formula is C14H15ClFIN2O. The second-order valence-corrected chi connectivity index (χ2v) is 6.67. The molecule has 0 saturated heterocycles. The van der Waals surface area contributed by atoms with Crippen molar-refractivity contribution in [1.29, 1.82) is 0 Å². The van der Waals surface area contributed by atoms with E-state index in [1.54, 1.807) is 19.2 Å². The number of hydrogen-bond acceptors (Lipinski definition) is 2. The lowest BCUT2D eigenvalue weighted by atomic mass is 9.80. The van der Waals surface area contributed by atoms with Crippen molar-refractivity contribution in [3.63, 3.8) is 0 Å². The number of imidazole rings is 1. The Morgan fingerprint density at radius 2 is 2.25 bits per heavy atom. The number of alkyl halides is 1. The average molecular weight is 409 g/mol. The van der Waals surface area contributed by atoms with Gasteiger partial charge in [0.05, 0.1) is 32.6 Å². The van der Waals surface area contributed by atoms with Gasteiger partial charge in [-0.3, -0.25) is 0 Å². The van der Waals surface area contributed by atoms with Crippen LogP contribution < -0.4 is 0 Å². The summed E-state index contributed by atoms with van der Waals surface area (Å²) in [5, 5.41) is 0. The highest BCUT2D eigenvalue weighted by molar-refractivity contribution is 14.1. The third-order valence-electron chi connectivity index (χ3n) is 4.13. The van der Waals surface area contributed by atoms with Crippen molar-refractivity contribution in [3.8, 4) is 0 Å². The van der Waals surface area contributed by atoms with Crippen LogP contribution in [0.4, 0.5) is 4.39 Å². The van der Waals surface area contributed by atoms with E-state index in [4.69, 9.17) is 16.3 Å². The van der Waals surface area contributed by atoms with Crippen LogP contribution in [0.5, 0.6) is 0 Å². The van der Waals surface area contributed by atoms with Crippen molar-refractivity contribution < 1.29 is 9.13 Å². The summed E-state index contributed by atoms with van der Waals surface area (Å²) < 4.78 is 22.1. The normalized spacial score (nSPS) is 17.4. The molecule has 2 aromatic rings. The molecule has 0 aliphatic heterocycles. The van der Waals surface area contributed by atoms with Crippen molar-refractivity contribution in [3.05, 3.63) is 27.3 Å². The van der Waals surface area contributed by atoms with Gasteiger partial charge in [-0.2, -0.15) is 0 Å². The van der Waals surface area contributed by atoms with E-state index in [9.17, 15) is 4.39 Å². The minimum atomic E-state index is -0.222. The Balaban J connectivity index is 2.10. The molecule has 3 nitrogen and oxygen atoms in total. The fourth-order valence-corrected chi connectivity index (χ4v) is 3.39. The molecular weight excluding hydrogens is 394 g/mol. The van der Waals surface area contributed by atoms with Gasteiger partial charge in [-0.25, -0.2) is 9.37 Å². The number of hydrogen-bond donors (Lipinski definition) is 0. The largest absolute Gasteiger partial charge is 0.376 e. The molecule has 6 heteroatoms. The van der Waals surface area contributed by atoms with Crippen LogP contribution in [-0.2, 0) is 17.2 Å². The summed E-state index contributed by atoms with van der Waals surface area (Å²) in [6.07, 6.45) is 3.22. The van der Waals surface area contributed by atoms with Crippen LogP contribution in [0.25, 0.3) is 11.0 Å². The lowest BCUT2D eigenvalue weighted by Crippen LogP contribution is -2.43. The first-order valence-corrected chi connectivity index (χ1v) is 8.15. The smallest absolute Gasteiger partial charge is 0.138 e. The predicted molar refractivity (Wildman–Crippen MR) is 85.6 cm³/mol. The number of rotatable bonds is 4. The summed E-state index contributed by atoms with van der Waals surface area (Å²) in [6, 6.07) is 3.31. The summed E-state index contributed by atoms with van der Waals surface area (Å²) >= 11 is 7.97. The minimum absolute atomic E-state index is 0.145. The number of benzene rings is 1. The monoisotopic (exact) mass is 408 g/mol. The summed E-state index contributed by atoms with van der Waals surface area (Å²) in [6.45, 7) is 0.683. The first-order chi connectivity index (χ1) is 9.58. The van der Waals surface area contributed by atoms with Gasteiger partial charge in [0.1, 0.15) is 11.6 Å². The molecule has 0 unspecified atom stereocenters. The van der Waals surface area contributed by atoms with Gasteiger partial charge in [0, 0.05) is 13.2 Å². The zero-order valence-electron chi connectivity index (χ0n) is 11.1. The second kappa shape index (κ2) is 5.42. The maximum absolute atomic E-state index is 13.8. The molecule has 0 amide bonds. The van der Waals surface area contributed by atoms with E-state index < -0.39 is 0 Å². The predicted octanol–water partition coefficient (Wildman–Crippen LogP) is 4.09. The number of ether oxygens (including phenoxy) is 1. The van der Waals surface area contributed by atoms with E-state index in [-0.39, 0.29) is 11.4 Å². The number of aromatic nitrogens is 2. The molecule has 0 spiro atoms. The van der Waals surface area contributed by atoms with Crippen molar-refractivity contribution in [1.82, 2.24) is 9.55 Å². The molecule has 0 N–H and O–H groups in total. The van der Waals surface area contributed by atoms with Gasteiger partial charge >= 0.3 is 0 Å². The fourth-order valence-electron chi connectivity index (χ4n) is 2.73. The molecule has 0 bridgehead atoms. The van der Waals surface area contributed by atoms with Crippen molar-refractivity contribution in [2.75, 3.05) is 7.11 Å². The Morgan fingerprint density at radius 3 is 2.80 bits per heavy atom. The zero-order chi connectivity index (χ0) is 14.3. The van der Waals surface area contributed by atoms with Gasteiger partial charge in [0.25, 0.3) is 0 Å². The van der Waals surface area contributed by atoms with Gasteiger partial charge in [0.2, 0.25) is 0 Å². The highest BCUT2D eigenvalue weighted by Crippen LogP contribution is 2.38. The summed E-state index contributed by atoms with van der Waals surface area (Å²) in [5.41, 5.74) is 1.44. The fraction of sp³-hybridized carbons (Fsp3) is 0.500. The third-order valence-corrected chi connectivity index (χ3v) is 5.20. The highest BCUT2D eigenvalue weighted by atomic mass is 127. The zero-order valence-corrected chi connectivity index (χ0v) is 14.0. The molecule has 3 rings (SSSR count). The van der Waals surface area contributed by atoms with Gasteiger partial charge < -0.3 is 9.30 Å². The van der Waals surface area contributed by atoms with Crippen LogP contribution in [0, 0.1) is 9.39 Å². The number of nitrogens with zero attached hydrogens (tertiary/aromatic N) is 2. The summed E-state index contributed by atoms with van der Waals surface area (Å²) in [4.78, 5) is 4.51. The first kappa shape index (κ1) is 14.5. The van der Waals surface area contributed by atoms with Crippen LogP contribution >= 0.6 is 34.2 Å². The van der Waals surface area contributed by atoms with Gasteiger partial charge in [0.15, 0.2) is 0 Å². The van der Waals surface area contributed by atoms with Crippen LogP contribution in [0.1, 0.15) is 25.1 Å². The van der Waals surface area contributed by atoms with E-state index >= 15 is 0 Å². The molecule has 1 aliphatic rings. The summed E-state index contributed by atoms with van der Waals surface area (Å²) in [5.74, 6) is 0.860. The maximum Gasteiger partial charge on any atom is 0.138 e. The molecule has 1 heterocycles. The standard InChI is InChI=1S/C14H15ClFIN2O/c1-20-14(3-2-4-14)8-19-12-5-9(16)10(17)6-11(12)18-13(19)7-15/h5-6H,2-4,7-8H2,1H3. The van der Waals surface area contributed by atoms with Crippen LogP contribution in [0.3, 0.4) is 0 Å². The molecule has 1 aromatic heterocycles. The average Bonchev–Trinajstić information content (AvgIpc) is 2.72. The molecule has 0 atom stereocenters. The molecule has 108 valence electrons. The van der Waals surface area contributed by atoms with Crippen LogP contribution in [0.2, 0.25) is 0 Å². The number of methoxy groups -OCH3 is 1. The van der Waals surface area contributed by atoms with E-state index in [0.717, 1.165) is 29.7 Å². The Hall–Kier alpha value is -0.400. The Morgan fingerprint density at radius 1 is 1.50 bits per heavy atom. The number of halogens is 3. The minimum Gasteiger partial charge on any atom is -0.376 e. The topological polar surface area (TPSA) is 27.1 Å². The van der Waals surface area contributed by atoms with Crippen LogP contribution in [-0.4, -0.2) is 22.3 Å². The van der Waals surface area contributed by atoms with Crippen molar-refractivity contribution >= 4 is 45.2 Å². The van der Waals surface area contributed by atoms with E-state index in [2.05, 4.69) is 4.98 Å².